The minimum absolute atomic E-state index is 0.150. The highest BCUT2D eigenvalue weighted by Gasteiger charge is 2.20. The molecule has 12 nitrogen and oxygen atoms in total. The van der Waals surface area contributed by atoms with Gasteiger partial charge in [-0.1, -0.05) is 42.5 Å². The molecule has 0 bridgehead atoms. The lowest BCUT2D eigenvalue weighted by atomic mass is 10.1. The molecule has 0 saturated carbocycles. The number of esters is 1. The fourth-order valence-electron chi connectivity index (χ4n) is 4.10. The first kappa shape index (κ1) is 31.6. The SMILES string of the molecule is CC(C)(C)OC(=O)CCOCCNC(=O)c1ccc(-c2csc(-n3[nH]c(-c4ccccc4)c(N=Nc4nccs4)c3=O)n2)cc1. The number of carbonyl (C=O) groups is 2. The molecule has 3 aromatic heterocycles. The number of carbonyl (C=O) groups excluding carboxylic acids is 2. The van der Waals surface area contributed by atoms with Crippen molar-refractivity contribution < 1.29 is 19.1 Å². The highest BCUT2D eigenvalue weighted by Crippen LogP contribution is 2.30. The second-order valence-electron chi connectivity index (χ2n) is 10.7. The van der Waals surface area contributed by atoms with E-state index in [0.717, 1.165) is 11.1 Å². The van der Waals surface area contributed by atoms with Crippen molar-refractivity contribution in [1.82, 2.24) is 25.1 Å². The van der Waals surface area contributed by atoms with E-state index in [4.69, 9.17) is 9.47 Å². The Kier molecular flexibility index (Phi) is 10.1. The number of thiazole rings is 2. The Balaban J connectivity index is 1.22. The van der Waals surface area contributed by atoms with Gasteiger partial charge in [0.25, 0.3) is 5.91 Å². The second kappa shape index (κ2) is 14.3. The molecule has 2 aromatic carbocycles. The number of benzene rings is 2. The van der Waals surface area contributed by atoms with E-state index in [9.17, 15) is 14.4 Å². The van der Waals surface area contributed by atoms with Gasteiger partial charge in [-0.15, -0.1) is 32.9 Å². The van der Waals surface area contributed by atoms with E-state index in [1.807, 2.05) is 56.5 Å². The summed E-state index contributed by atoms with van der Waals surface area (Å²) in [5.41, 5.74) is 2.43. The molecule has 0 fully saturated rings. The van der Waals surface area contributed by atoms with Gasteiger partial charge in [-0.25, -0.2) is 9.97 Å². The number of hydrogen-bond donors (Lipinski definition) is 2. The number of hydrogen-bond acceptors (Lipinski definition) is 11. The summed E-state index contributed by atoms with van der Waals surface area (Å²) in [4.78, 5) is 46.6. The third-order valence-electron chi connectivity index (χ3n) is 6.11. The molecule has 0 saturated heterocycles. The monoisotopic (exact) mass is 645 g/mol. The minimum atomic E-state index is -0.531. The highest BCUT2D eigenvalue weighted by atomic mass is 32.1. The van der Waals surface area contributed by atoms with E-state index in [1.165, 1.54) is 27.4 Å². The number of nitrogens with zero attached hydrogens (tertiary/aromatic N) is 5. The number of aromatic nitrogens is 4. The van der Waals surface area contributed by atoms with Crippen LogP contribution in [0.3, 0.4) is 0 Å². The maximum absolute atomic E-state index is 13.5. The number of ether oxygens (including phenoxy) is 2. The molecule has 2 N–H and O–H groups in total. The van der Waals surface area contributed by atoms with Gasteiger partial charge in [-0.2, -0.15) is 4.68 Å². The molecule has 0 spiro atoms. The van der Waals surface area contributed by atoms with Gasteiger partial charge in [0, 0.05) is 40.2 Å². The molecule has 1 amide bonds. The molecule has 0 aliphatic rings. The van der Waals surface area contributed by atoms with Crippen LogP contribution in [0.25, 0.3) is 27.6 Å². The van der Waals surface area contributed by atoms with Crippen molar-refractivity contribution in [1.29, 1.82) is 0 Å². The van der Waals surface area contributed by atoms with Crippen LogP contribution in [0.15, 0.2) is 86.6 Å². The minimum Gasteiger partial charge on any atom is -0.460 e. The van der Waals surface area contributed by atoms with Crippen molar-refractivity contribution >= 4 is 45.4 Å². The molecular weight excluding hydrogens is 615 g/mol. The lowest BCUT2D eigenvalue weighted by Gasteiger charge is -2.19. The molecule has 0 radical (unpaired) electrons. The Hall–Kier alpha value is -4.79. The summed E-state index contributed by atoms with van der Waals surface area (Å²) in [6, 6.07) is 16.4. The Morgan fingerprint density at radius 2 is 1.78 bits per heavy atom. The van der Waals surface area contributed by atoms with Gasteiger partial charge < -0.3 is 14.8 Å². The molecule has 232 valence electrons. The highest BCUT2D eigenvalue weighted by molar-refractivity contribution is 7.13. The van der Waals surface area contributed by atoms with Gasteiger partial charge in [0.1, 0.15) is 5.60 Å². The van der Waals surface area contributed by atoms with Crippen LogP contribution in [-0.4, -0.2) is 57.0 Å². The van der Waals surface area contributed by atoms with E-state index in [2.05, 4.69) is 30.6 Å². The number of H-pyrrole nitrogens is 1. The maximum atomic E-state index is 13.5. The number of amides is 1. The molecule has 0 aliphatic heterocycles. The van der Waals surface area contributed by atoms with Crippen LogP contribution in [0, 0.1) is 0 Å². The van der Waals surface area contributed by atoms with Gasteiger partial charge >= 0.3 is 11.5 Å². The Morgan fingerprint density at radius 1 is 1.00 bits per heavy atom. The van der Waals surface area contributed by atoms with E-state index in [1.54, 1.807) is 35.8 Å². The van der Waals surface area contributed by atoms with Crippen molar-refractivity contribution in [3.05, 3.63) is 87.5 Å². The fourth-order valence-corrected chi connectivity index (χ4v) is 5.34. The predicted octanol–water partition coefficient (Wildman–Crippen LogP) is 6.31. The largest absolute Gasteiger partial charge is 0.460 e. The summed E-state index contributed by atoms with van der Waals surface area (Å²) in [6.45, 7) is 6.22. The smallest absolute Gasteiger partial charge is 0.308 e. The topological polar surface area (TPSA) is 153 Å². The average Bonchev–Trinajstić information content (AvgIpc) is 3.78. The van der Waals surface area contributed by atoms with Crippen LogP contribution in [0.1, 0.15) is 37.6 Å². The van der Waals surface area contributed by atoms with Crippen molar-refractivity contribution in [3.8, 4) is 27.6 Å². The zero-order chi connectivity index (χ0) is 31.8. The molecule has 5 aromatic rings. The average molecular weight is 646 g/mol. The van der Waals surface area contributed by atoms with Crippen molar-refractivity contribution in [3.63, 3.8) is 0 Å². The zero-order valence-corrected chi connectivity index (χ0v) is 26.5. The van der Waals surface area contributed by atoms with Crippen LogP contribution in [0.4, 0.5) is 10.8 Å². The van der Waals surface area contributed by atoms with Crippen molar-refractivity contribution in [2.75, 3.05) is 19.8 Å². The lowest BCUT2D eigenvalue weighted by Crippen LogP contribution is -2.28. The molecule has 5 rings (SSSR count). The Morgan fingerprint density at radius 3 is 2.49 bits per heavy atom. The van der Waals surface area contributed by atoms with Crippen LogP contribution in [0.2, 0.25) is 0 Å². The van der Waals surface area contributed by atoms with Crippen LogP contribution < -0.4 is 10.9 Å². The maximum Gasteiger partial charge on any atom is 0.308 e. The summed E-state index contributed by atoms with van der Waals surface area (Å²) >= 11 is 2.61. The number of aromatic amines is 1. The number of azo groups is 1. The van der Waals surface area contributed by atoms with Crippen LogP contribution in [-0.2, 0) is 14.3 Å². The third-order valence-corrected chi connectivity index (χ3v) is 7.59. The summed E-state index contributed by atoms with van der Waals surface area (Å²) in [6.07, 6.45) is 1.77. The summed E-state index contributed by atoms with van der Waals surface area (Å²) < 4.78 is 12.0. The lowest BCUT2D eigenvalue weighted by molar-refractivity contribution is -0.156. The molecule has 3 heterocycles. The van der Waals surface area contributed by atoms with Gasteiger partial charge in [-0.05, 0) is 32.9 Å². The third kappa shape index (κ3) is 8.44. The molecule has 14 heteroatoms. The number of rotatable bonds is 12. The van der Waals surface area contributed by atoms with E-state index in [0.29, 0.717) is 33.8 Å². The molecular formula is C31H31N7O5S2. The summed E-state index contributed by atoms with van der Waals surface area (Å²) in [5, 5.41) is 18.8. The van der Waals surface area contributed by atoms with E-state index in [-0.39, 0.29) is 37.2 Å². The van der Waals surface area contributed by atoms with Gasteiger partial charge in [0.15, 0.2) is 5.69 Å². The summed E-state index contributed by atoms with van der Waals surface area (Å²) in [5.74, 6) is -0.573. The standard InChI is InChI=1S/C31H31N7O5S2/c1-31(2,3)43-24(39)13-16-42-17-14-32-27(40)22-11-9-20(10-12-22)23-19-45-30(34-23)38-28(41)26(35-36-29-33-15-18-44-29)25(37-38)21-7-5-4-6-8-21/h4-12,15,18-19,37H,13-14,16-17H2,1-3H3,(H,32,40). The second-order valence-corrected chi connectivity index (χ2v) is 12.4. The van der Waals surface area contributed by atoms with Gasteiger partial charge in [0.05, 0.1) is 31.0 Å². The van der Waals surface area contributed by atoms with Gasteiger partial charge in [-0.3, -0.25) is 19.5 Å². The molecule has 0 atom stereocenters. The number of nitrogens with one attached hydrogen (secondary N) is 2. The summed E-state index contributed by atoms with van der Waals surface area (Å²) in [7, 11) is 0. The first-order valence-corrected chi connectivity index (χ1v) is 15.8. The zero-order valence-electron chi connectivity index (χ0n) is 24.9. The van der Waals surface area contributed by atoms with Crippen molar-refractivity contribution in [2.24, 2.45) is 10.2 Å². The van der Waals surface area contributed by atoms with Gasteiger partial charge in [0.2, 0.25) is 10.3 Å². The first-order chi connectivity index (χ1) is 21.7. The Bertz CT molecular complexity index is 1820. The van der Waals surface area contributed by atoms with E-state index < -0.39 is 11.2 Å². The van der Waals surface area contributed by atoms with Crippen LogP contribution in [0.5, 0.6) is 0 Å². The normalized spacial score (nSPS) is 11.6. The van der Waals surface area contributed by atoms with Crippen molar-refractivity contribution in [2.45, 2.75) is 32.8 Å². The molecule has 45 heavy (non-hydrogen) atoms. The quantitative estimate of drug-likeness (QED) is 0.0916. The molecule has 0 aliphatic carbocycles. The van der Waals surface area contributed by atoms with Crippen LogP contribution >= 0.6 is 22.7 Å². The fraction of sp³-hybridized carbons (Fsp3) is 0.258. The first-order valence-electron chi connectivity index (χ1n) is 14.0. The Labute approximate surface area is 266 Å². The van der Waals surface area contributed by atoms with E-state index >= 15 is 0 Å². The predicted molar refractivity (Wildman–Crippen MR) is 173 cm³/mol. The molecule has 0 unspecified atom stereocenters.